The predicted octanol–water partition coefficient (Wildman–Crippen LogP) is 3.49. The Morgan fingerprint density at radius 1 is 1.11 bits per heavy atom. The molecule has 3 aromatic heterocycles. The zero-order valence-electron chi connectivity index (χ0n) is 19.7. The maximum Gasteiger partial charge on any atom is 0.258 e. The van der Waals surface area contributed by atoms with Crippen LogP contribution in [0.3, 0.4) is 0 Å². The van der Waals surface area contributed by atoms with E-state index in [2.05, 4.69) is 25.1 Å². The van der Waals surface area contributed by atoms with Crippen molar-refractivity contribution in [1.82, 2.24) is 25.1 Å². The number of anilines is 1. The number of benzene rings is 2. The number of piperidine rings is 1. The second kappa shape index (κ2) is 7.91. The number of hydrogen-bond donors (Lipinski definition) is 3. The molecule has 0 unspecified atom stereocenters. The summed E-state index contributed by atoms with van der Waals surface area (Å²) in [6.45, 7) is 1.87. The van der Waals surface area contributed by atoms with Crippen LogP contribution in [-0.2, 0) is 5.41 Å². The number of hydrogen-bond acceptors (Lipinski definition) is 6. The van der Waals surface area contributed by atoms with Gasteiger partial charge in [0.2, 0.25) is 5.65 Å². The van der Waals surface area contributed by atoms with Gasteiger partial charge in [-0.1, -0.05) is 18.2 Å². The fourth-order valence-electron chi connectivity index (χ4n) is 6.45. The van der Waals surface area contributed by atoms with Crippen LogP contribution < -0.4 is 16.2 Å². The Kier molecular flexibility index (Phi) is 4.71. The molecule has 5 aromatic rings. The van der Waals surface area contributed by atoms with E-state index in [0.717, 1.165) is 13.0 Å². The summed E-state index contributed by atoms with van der Waals surface area (Å²) in [5.74, 6) is 0.476. The Balaban J connectivity index is 1.22. The minimum atomic E-state index is -0.592. The average Bonchev–Trinajstić information content (AvgIpc) is 3.38. The Morgan fingerprint density at radius 3 is 2.81 bits per heavy atom. The van der Waals surface area contributed by atoms with Crippen LogP contribution in [0, 0.1) is 23.5 Å². The number of aromatic amines is 2. The molecule has 4 heterocycles. The van der Waals surface area contributed by atoms with Crippen molar-refractivity contribution in [2.75, 3.05) is 24.5 Å². The van der Waals surface area contributed by atoms with Gasteiger partial charge in [0.25, 0.3) is 5.56 Å². The molecule has 7 rings (SSSR count). The molecule has 4 N–H and O–H groups in total. The standard InChI is InChI=1S/C27H23F2N7O/c28-19-4-2-1-3-17(19)27(13-30)16-8-10-36(12-18(16)27)21-11-32-24-23(34-35-25(24)33-21)15-5-6-20(29)22-14(15)7-9-31-26(22)37/h1-7,9,11,16,18H,8,10,12-13,30H2,(H,31,37)(H,33,34,35)/t16-,18+,27-/m1/s1. The number of nitrogens with one attached hydrogen (secondary N) is 2. The van der Waals surface area contributed by atoms with Crippen molar-refractivity contribution in [3.63, 3.8) is 0 Å². The molecule has 2 aromatic carbocycles. The molecular formula is C27H23F2N7O. The number of rotatable bonds is 4. The van der Waals surface area contributed by atoms with Crippen molar-refractivity contribution in [1.29, 1.82) is 0 Å². The first-order valence-electron chi connectivity index (χ1n) is 12.2. The topological polar surface area (TPSA) is 117 Å². The smallest absolute Gasteiger partial charge is 0.258 e. The summed E-state index contributed by atoms with van der Waals surface area (Å²) in [5.41, 5.74) is 8.22. The van der Waals surface area contributed by atoms with E-state index in [-0.39, 0.29) is 22.5 Å². The molecule has 2 fully saturated rings. The summed E-state index contributed by atoms with van der Waals surface area (Å²) >= 11 is 0. The van der Waals surface area contributed by atoms with Gasteiger partial charge in [-0.15, -0.1) is 0 Å². The van der Waals surface area contributed by atoms with E-state index in [1.54, 1.807) is 24.4 Å². The molecule has 1 saturated heterocycles. The fourth-order valence-corrected chi connectivity index (χ4v) is 6.45. The van der Waals surface area contributed by atoms with Gasteiger partial charge < -0.3 is 15.6 Å². The van der Waals surface area contributed by atoms with Crippen LogP contribution in [0.15, 0.2) is 59.7 Å². The molecule has 1 aliphatic carbocycles. The monoisotopic (exact) mass is 499 g/mol. The number of fused-ring (bicyclic) bond motifs is 3. The molecule has 8 nitrogen and oxygen atoms in total. The Hall–Kier alpha value is -4.18. The Bertz CT molecular complexity index is 1750. The largest absolute Gasteiger partial charge is 0.355 e. The first-order valence-corrected chi connectivity index (χ1v) is 12.2. The van der Waals surface area contributed by atoms with Crippen molar-refractivity contribution in [3.8, 4) is 11.3 Å². The Morgan fingerprint density at radius 2 is 1.97 bits per heavy atom. The highest BCUT2D eigenvalue weighted by Gasteiger charge is 2.66. The lowest BCUT2D eigenvalue weighted by atomic mass is 9.91. The maximum atomic E-state index is 14.7. The van der Waals surface area contributed by atoms with Crippen molar-refractivity contribution < 1.29 is 8.78 Å². The van der Waals surface area contributed by atoms with Crippen LogP contribution in [0.2, 0.25) is 0 Å². The minimum Gasteiger partial charge on any atom is -0.355 e. The third-order valence-corrected chi connectivity index (χ3v) is 8.27. The zero-order valence-corrected chi connectivity index (χ0v) is 19.7. The molecule has 3 atom stereocenters. The summed E-state index contributed by atoms with van der Waals surface area (Å²) in [6, 6.07) is 11.5. The SMILES string of the molecule is NC[C@]1(c2ccccc2F)[C@@H]2CCN(c3cnc4c(-c5ccc(F)c6c(=O)[nH]ccc56)[nH]nc4n3)C[C@@H]21. The van der Waals surface area contributed by atoms with Gasteiger partial charge in [-0.05, 0) is 48.1 Å². The molecule has 2 aliphatic rings. The third kappa shape index (κ3) is 3.08. The van der Waals surface area contributed by atoms with E-state index in [1.165, 1.54) is 18.3 Å². The number of pyridine rings is 1. The summed E-state index contributed by atoms with van der Waals surface area (Å²) in [6.07, 6.45) is 4.08. The quantitative estimate of drug-likeness (QED) is 0.349. The summed E-state index contributed by atoms with van der Waals surface area (Å²) in [5, 5.41) is 7.78. The first-order chi connectivity index (χ1) is 18.0. The van der Waals surface area contributed by atoms with Gasteiger partial charge in [0.05, 0.1) is 17.3 Å². The molecule has 0 spiro atoms. The van der Waals surface area contributed by atoms with Gasteiger partial charge in [0, 0.05) is 42.2 Å². The van der Waals surface area contributed by atoms with Crippen LogP contribution in [0.25, 0.3) is 33.2 Å². The molecule has 1 saturated carbocycles. The molecule has 0 amide bonds. The van der Waals surface area contributed by atoms with Crippen LogP contribution in [0.1, 0.15) is 12.0 Å². The van der Waals surface area contributed by atoms with E-state index >= 15 is 0 Å². The van der Waals surface area contributed by atoms with Crippen LogP contribution in [0.5, 0.6) is 0 Å². The molecule has 37 heavy (non-hydrogen) atoms. The number of aromatic nitrogens is 5. The number of nitrogens with zero attached hydrogens (tertiary/aromatic N) is 4. The maximum absolute atomic E-state index is 14.7. The lowest BCUT2D eigenvalue weighted by Gasteiger charge is -2.26. The van der Waals surface area contributed by atoms with E-state index < -0.39 is 11.4 Å². The molecule has 10 heteroatoms. The van der Waals surface area contributed by atoms with E-state index in [1.807, 2.05) is 12.1 Å². The summed E-state index contributed by atoms with van der Waals surface area (Å²) in [7, 11) is 0. The number of nitrogens with two attached hydrogens (primary N) is 1. The number of H-pyrrole nitrogens is 2. The predicted molar refractivity (Wildman–Crippen MR) is 136 cm³/mol. The van der Waals surface area contributed by atoms with Crippen molar-refractivity contribution in [3.05, 3.63) is 82.4 Å². The van der Waals surface area contributed by atoms with Gasteiger partial charge in [0.15, 0.2) is 0 Å². The number of halogens is 2. The molecule has 1 aliphatic heterocycles. The van der Waals surface area contributed by atoms with E-state index in [4.69, 9.17) is 10.7 Å². The molecule has 186 valence electrons. The zero-order chi connectivity index (χ0) is 25.3. The fraction of sp³-hybridized carbons (Fsp3) is 0.259. The van der Waals surface area contributed by atoms with Crippen LogP contribution >= 0.6 is 0 Å². The summed E-state index contributed by atoms with van der Waals surface area (Å²) < 4.78 is 29.1. The van der Waals surface area contributed by atoms with Gasteiger partial charge in [-0.3, -0.25) is 9.89 Å². The lowest BCUT2D eigenvalue weighted by Crippen LogP contribution is -2.32. The molecular weight excluding hydrogens is 476 g/mol. The lowest BCUT2D eigenvalue weighted by molar-refractivity contribution is 0.533. The minimum absolute atomic E-state index is 0.0159. The van der Waals surface area contributed by atoms with Crippen LogP contribution in [-0.4, -0.2) is 44.8 Å². The second-order valence-corrected chi connectivity index (χ2v) is 9.86. The highest BCUT2D eigenvalue weighted by Crippen LogP contribution is 2.63. The van der Waals surface area contributed by atoms with Gasteiger partial charge in [0.1, 0.15) is 23.0 Å². The van der Waals surface area contributed by atoms with Crippen LogP contribution in [0.4, 0.5) is 14.6 Å². The van der Waals surface area contributed by atoms with Gasteiger partial charge >= 0.3 is 0 Å². The van der Waals surface area contributed by atoms with Gasteiger partial charge in [-0.2, -0.15) is 5.10 Å². The van der Waals surface area contributed by atoms with E-state index in [9.17, 15) is 13.6 Å². The molecule has 0 radical (unpaired) electrons. The van der Waals surface area contributed by atoms with Crippen molar-refractivity contribution >= 4 is 27.8 Å². The second-order valence-electron chi connectivity index (χ2n) is 9.86. The first kappa shape index (κ1) is 22.1. The van der Waals surface area contributed by atoms with Crippen molar-refractivity contribution in [2.45, 2.75) is 11.8 Å². The van der Waals surface area contributed by atoms with Crippen molar-refractivity contribution in [2.24, 2.45) is 17.6 Å². The third-order valence-electron chi connectivity index (χ3n) is 8.27. The molecule has 0 bridgehead atoms. The average molecular weight is 500 g/mol. The van der Waals surface area contributed by atoms with E-state index in [0.29, 0.717) is 58.2 Å². The normalized spacial score (nSPS) is 22.9. The Labute approximate surface area is 209 Å². The summed E-state index contributed by atoms with van der Waals surface area (Å²) in [4.78, 5) is 26.3. The highest BCUT2D eigenvalue weighted by atomic mass is 19.1. The van der Waals surface area contributed by atoms with Gasteiger partial charge in [-0.25, -0.2) is 18.7 Å². The highest BCUT2D eigenvalue weighted by molar-refractivity contribution is 6.01.